The maximum atomic E-state index is 13.5. The molecule has 1 saturated heterocycles. The average molecular weight is 881 g/mol. The van der Waals surface area contributed by atoms with Gasteiger partial charge in [-0.2, -0.15) is 35.3 Å². The predicted octanol–water partition coefficient (Wildman–Crippen LogP) is 9.80. The number of amides is 1. The summed E-state index contributed by atoms with van der Waals surface area (Å²) >= 11 is 5.52. The van der Waals surface area contributed by atoms with Crippen molar-refractivity contribution in [2.24, 2.45) is 17.8 Å². The highest BCUT2D eigenvalue weighted by Gasteiger charge is 2.35. The lowest BCUT2D eigenvalue weighted by atomic mass is 9.84. The zero-order valence-corrected chi connectivity index (χ0v) is 39.6. The molecule has 5 unspecified atom stereocenters. The average Bonchev–Trinajstić information content (AvgIpc) is 3.55. The lowest BCUT2D eigenvalue weighted by Crippen LogP contribution is -2.42. The van der Waals surface area contributed by atoms with E-state index in [0.29, 0.717) is 17.6 Å². The van der Waals surface area contributed by atoms with E-state index >= 15 is 0 Å². The fourth-order valence-electron chi connectivity index (χ4n) is 7.55. The van der Waals surface area contributed by atoms with Crippen molar-refractivity contribution in [3.63, 3.8) is 0 Å². The van der Waals surface area contributed by atoms with E-state index in [4.69, 9.17) is 5.11 Å². The Labute approximate surface area is 363 Å². The number of benzene rings is 2. The number of aryl methyl sites for hydroxylation is 1. The Morgan fingerprint density at radius 2 is 1.53 bits per heavy atom. The zero-order valence-electron chi connectivity index (χ0n) is 36.3. The number of nitrogens with zero attached hydrogens (tertiary/aromatic N) is 1. The Bertz CT molecular complexity index is 1650. The third kappa shape index (κ3) is 19.0. The SMILES string of the molecule is CCC(C)CSC.CSCC1CCC(CC2CCCCC2)N1Cc1ccc(C(=O)NC(CCS(C)(=O)=O)C(=O)O)c(-c2ccccc2C)c1.CSCCC(C)C(=O)O. The molecular weight excluding hydrogens is 809 g/mol. The van der Waals surface area contributed by atoms with Gasteiger partial charge in [-0.25, -0.2) is 13.2 Å². The van der Waals surface area contributed by atoms with E-state index in [0.717, 1.165) is 64.8 Å². The number of aliphatic carboxylic acids is 2. The molecule has 2 aromatic carbocycles. The maximum Gasteiger partial charge on any atom is 0.326 e. The van der Waals surface area contributed by atoms with Gasteiger partial charge in [-0.05, 0) is 116 Å². The van der Waals surface area contributed by atoms with Gasteiger partial charge in [-0.15, -0.1) is 0 Å². The molecule has 1 saturated carbocycles. The molecule has 0 aromatic heterocycles. The van der Waals surface area contributed by atoms with Crippen LogP contribution in [0, 0.1) is 24.7 Å². The molecule has 328 valence electrons. The van der Waals surface area contributed by atoms with Crippen molar-refractivity contribution in [3.8, 4) is 11.1 Å². The zero-order chi connectivity index (χ0) is 43.3. The first-order chi connectivity index (χ1) is 27.5. The number of carboxylic acids is 2. The number of thioether (sulfide) groups is 3. The summed E-state index contributed by atoms with van der Waals surface area (Å²) in [5, 5.41) is 20.7. The van der Waals surface area contributed by atoms with Crippen LogP contribution in [0.5, 0.6) is 0 Å². The van der Waals surface area contributed by atoms with E-state index in [2.05, 4.69) is 42.6 Å². The van der Waals surface area contributed by atoms with Gasteiger partial charge in [0.1, 0.15) is 15.9 Å². The number of carbonyl (C=O) groups excluding carboxylic acids is 1. The van der Waals surface area contributed by atoms with E-state index in [1.807, 2.05) is 67.0 Å². The Morgan fingerprint density at radius 3 is 2.09 bits per heavy atom. The molecule has 0 spiro atoms. The number of carboxylic acid groups (broad SMARTS) is 2. The Balaban J connectivity index is 0.000000608. The standard InChI is InChI=1S/C33H46N2O5S2.C6H12O2S.C6H14S/c1-23-9-7-8-12-28(23)30-20-25(13-16-29(30)32(36)34-31(33(37)38)17-18-42(3,39)40)21-35-26(14-15-27(35)22-41-2)19-24-10-5-4-6-11-24;1-5(6(7)8)3-4-9-2;1-4-6(2)5-7-3/h7-9,12-13,16,20,24,26-27,31H,4-6,10-11,14-15,17-19,21-22H2,1-3H3,(H,34,36)(H,37,38);5H,3-4H2,1-2H3,(H,7,8);6H,4-5H2,1-3H3. The largest absolute Gasteiger partial charge is 0.481 e. The molecule has 1 heterocycles. The van der Waals surface area contributed by atoms with Gasteiger partial charge in [0.2, 0.25) is 0 Å². The van der Waals surface area contributed by atoms with Crippen LogP contribution in [-0.4, -0.2) is 108 Å². The van der Waals surface area contributed by atoms with Crippen LogP contribution in [0.4, 0.5) is 0 Å². The molecule has 13 heteroatoms. The fraction of sp³-hybridized carbons (Fsp3) is 0.667. The van der Waals surface area contributed by atoms with Gasteiger partial charge >= 0.3 is 11.9 Å². The van der Waals surface area contributed by atoms with Crippen molar-refractivity contribution in [2.45, 2.75) is 123 Å². The first-order valence-corrected chi connectivity index (χ1v) is 27.1. The summed E-state index contributed by atoms with van der Waals surface area (Å²) in [7, 11) is -3.37. The molecule has 2 aliphatic rings. The van der Waals surface area contributed by atoms with Crippen molar-refractivity contribution in [3.05, 3.63) is 59.2 Å². The molecule has 9 nitrogen and oxygen atoms in total. The second-order valence-corrected chi connectivity index (χ2v) is 21.3. The fourth-order valence-corrected chi connectivity index (χ4v) is 10.3. The third-order valence-corrected chi connectivity index (χ3v) is 14.5. The molecule has 3 N–H and O–H groups in total. The molecule has 1 aliphatic heterocycles. The van der Waals surface area contributed by atoms with Crippen LogP contribution in [0.1, 0.15) is 113 Å². The van der Waals surface area contributed by atoms with E-state index in [-0.39, 0.29) is 18.1 Å². The van der Waals surface area contributed by atoms with Gasteiger partial charge in [0.15, 0.2) is 0 Å². The summed E-state index contributed by atoms with van der Waals surface area (Å²) < 4.78 is 23.3. The second kappa shape index (κ2) is 27.6. The smallest absolute Gasteiger partial charge is 0.326 e. The number of carbonyl (C=O) groups is 3. The highest BCUT2D eigenvalue weighted by atomic mass is 32.2. The molecule has 5 atom stereocenters. The van der Waals surface area contributed by atoms with Crippen molar-refractivity contribution < 1.29 is 33.0 Å². The molecule has 0 radical (unpaired) electrons. The lowest BCUT2D eigenvalue weighted by molar-refractivity contribution is -0.141. The van der Waals surface area contributed by atoms with Gasteiger partial charge in [-0.1, -0.05) is 89.6 Å². The minimum Gasteiger partial charge on any atom is -0.481 e. The Kier molecular flexibility index (Phi) is 24.7. The van der Waals surface area contributed by atoms with Crippen LogP contribution in [0.25, 0.3) is 11.1 Å². The van der Waals surface area contributed by atoms with Crippen molar-refractivity contribution >= 4 is 63.0 Å². The molecule has 4 rings (SSSR count). The molecule has 1 amide bonds. The van der Waals surface area contributed by atoms with Crippen LogP contribution >= 0.6 is 35.3 Å². The number of sulfone groups is 1. The topological polar surface area (TPSA) is 141 Å². The molecular formula is C45H72N2O7S4. The van der Waals surface area contributed by atoms with Crippen LogP contribution in [0.2, 0.25) is 0 Å². The Hall–Kier alpha value is -2.19. The predicted molar refractivity (Wildman–Crippen MR) is 249 cm³/mol. The first-order valence-electron chi connectivity index (χ1n) is 20.9. The van der Waals surface area contributed by atoms with Gasteiger partial charge in [-0.3, -0.25) is 14.5 Å². The maximum absolute atomic E-state index is 13.5. The van der Waals surface area contributed by atoms with Crippen molar-refractivity contribution in [2.75, 3.05) is 48.0 Å². The Morgan fingerprint density at radius 1 is 0.862 bits per heavy atom. The lowest BCUT2D eigenvalue weighted by Gasteiger charge is -2.33. The molecule has 2 fully saturated rings. The second-order valence-electron chi connectivity index (χ2n) is 16.2. The van der Waals surface area contributed by atoms with Gasteiger partial charge in [0.05, 0.1) is 11.7 Å². The van der Waals surface area contributed by atoms with E-state index in [9.17, 15) is 27.9 Å². The molecule has 58 heavy (non-hydrogen) atoms. The summed E-state index contributed by atoms with van der Waals surface area (Å²) in [4.78, 5) is 38.3. The highest BCUT2D eigenvalue weighted by Crippen LogP contribution is 2.37. The number of hydrogen-bond donors (Lipinski definition) is 3. The van der Waals surface area contributed by atoms with Crippen molar-refractivity contribution in [1.29, 1.82) is 0 Å². The first kappa shape index (κ1) is 51.9. The summed E-state index contributed by atoms with van der Waals surface area (Å²) in [5.74, 6) is 2.13. The van der Waals surface area contributed by atoms with Crippen LogP contribution in [-0.2, 0) is 26.0 Å². The van der Waals surface area contributed by atoms with Crippen LogP contribution in [0.3, 0.4) is 0 Å². The molecule has 0 bridgehead atoms. The summed E-state index contributed by atoms with van der Waals surface area (Å²) in [6.07, 6.45) is 19.8. The number of rotatable bonds is 20. The van der Waals surface area contributed by atoms with E-state index in [1.165, 1.54) is 63.5 Å². The quantitative estimate of drug-likeness (QED) is 0.117. The van der Waals surface area contributed by atoms with E-state index < -0.39 is 33.7 Å². The van der Waals surface area contributed by atoms with Gasteiger partial charge < -0.3 is 15.5 Å². The summed E-state index contributed by atoms with van der Waals surface area (Å²) in [6.45, 7) is 9.08. The van der Waals surface area contributed by atoms with Crippen LogP contribution in [0.15, 0.2) is 42.5 Å². The summed E-state index contributed by atoms with van der Waals surface area (Å²) in [6, 6.07) is 13.6. The monoisotopic (exact) mass is 880 g/mol. The minimum atomic E-state index is -3.37. The highest BCUT2D eigenvalue weighted by molar-refractivity contribution is 7.99. The van der Waals surface area contributed by atoms with Crippen molar-refractivity contribution in [1.82, 2.24) is 10.2 Å². The van der Waals surface area contributed by atoms with Gasteiger partial charge in [0, 0.05) is 36.2 Å². The van der Waals surface area contributed by atoms with E-state index in [1.54, 1.807) is 24.8 Å². The third-order valence-electron chi connectivity index (χ3n) is 11.3. The molecule has 2 aromatic rings. The number of likely N-dealkylation sites (tertiary alicyclic amines) is 1. The summed E-state index contributed by atoms with van der Waals surface area (Å²) in [5.41, 5.74) is 4.23. The van der Waals surface area contributed by atoms with Crippen LogP contribution < -0.4 is 5.32 Å². The minimum absolute atomic E-state index is 0.183. The molecule has 1 aliphatic carbocycles. The normalized spacial score (nSPS) is 18.8. The number of nitrogens with one attached hydrogen (secondary N) is 1. The number of hydrogen-bond acceptors (Lipinski definition) is 9. The van der Waals surface area contributed by atoms with Gasteiger partial charge in [0.25, 0.3) is 5.91 Å².